The van der Waals surface area contributed by atoms with Crippen LogP contribution in [0.4, 0.5) is 0 Å². The molecule has 0 fully saturated rings. The second-order valence-electron chi connectivity index (χ2n) is 13.9. The van der Waals surface area contributed by atoms with E-state index < -0.39 is 0 Å². The maximum atomic E-state index is 6.84. The van der Waals surface area contributed by atoms with Crippen molar-refractivity contribution in [2.45, 2.75) is 0 Å². The van der Waals surface area contributed by atoms with Crippen molar-refractivity contribution < 1.29 is 4.42 Å². The van der Waals surface area contributed by atoms with E-state index in [0.717, 1.165) is 93.2 Å². The van der Waals surface area contributed by atoms with Crippen LogP contribution < -0.4 is 0 Å². The van der Waals surface area contributed by atoms with E-state index in [-0.39, 0.29) is 0 Å². The molecule has 2 aromatic heterocycles. The first kappa shape index (κ1) is 31.1. The molecular formula is C51H31N3O. The predicted octanol–water partition coefficient (Wildman–Crippen LogP) is 13.6. The Balaban J connectivity index is 1.22. The lowest BCUT2D eigenvalue weighted by Crippen LogP contribution is -2.01. The molecule has 0 aliphatic heterocycles. The summed E-state index contributed by atoms with van der Waals surface area (Å²) in [6.07, 6.45) is 0. The number of furan rings is 1. The van der Waals surface area contributed by atoms with Crippen molar-refractivity contribution in [3.8, 4) is 56.4 Å². The van der Waals surface area contributed by atoms with Crippen molar-refractivity contribution in [1.29, 1.82) is 0 Å². The molecule has 4 nitrogen and oxygen atoms in total. The van der Waals surface area contributed by atoms with Crippen LogP contribution in [0.25, 0.3) is 111 Å². The number of hydrogen-bond acceptors (Lipinski definition) is 4. The van der Waals surface area contributed by atoms with Crippen LogP contribution in [-0.4, -0.2) is 15.0 Å². The van der Waals surface area contributed by atoms with Crippen LogP contribution in [0.5, 0.6) is 0 Å². The summed E-state index contributed by atoms with van der Waals surface area (Å²) in [7, 11) is 0. The van der Waals surface area contributed by atoms with Crippen molar-refractivity contribution in [2.75, 3.05) is 0 Å². The third-order valence-electron chi connectivity index (χ3n) is 10.7. The van der Waals surface area contributed by atoms with Crippen molar-refractivity contribution in [1.82, 2.24) is 15.0 Å². The first-order valence-corrected chi connectivity index (χ1v) is 18.5. The van der Waals surface area contributed by atoms with Crippen molar-refractivity contribution in [3.05, 3.63) is 188 Å². The third-order valence-corrected chi connectivity index (χ3v) is 10.7. The second kappa shape index (κ2) is 12.6. The van der Waals surface area contributed by atoms with Crippen molar-refractivity contribution in [2.24, 2.45) is 0 Å². The zero-order valence-corrected chi connectivity index (χ0v) is 29.6. The summed E-state index contributed by atoms with van der Waals surface area (Å²) in [5.74, 6) is 1.80. The van der Waals surface area contributed by atoms with E-state index in [0.29, 0.717) is 17.5 Å². The first-order chi connectivity index (χ1) is 27.3. The Kier molecular flexibility index (Phi) is 7.14. The molecule has 11 rings (SSSR count). The zero-order chi connectivity index (χ0) is 36.3. The van der Waals surface area contributed by atoms with Gasteiger partial charge in [0, 0.05) is 38.6 Å². The molecule has 256 valence electrons. The highest BCUT2D eigenvalue weighted by Gasteiger charge is 2.23. The first-order valence-electron chi connectivity index (χ1n) is 18.5. The van der Waals surface area contributed by atoms with Gasteiger partial charge in [0.1, 0.15) is 11.2 Å². The molecule has 9 aromatic carbocycles. The number of aromatic nitrogens is 3. The van der Waals surface area contributed by atoms with Gasteiger partial charge in [0.2, 0.25) is 0 Å². The fraction of sp³-hybridized carbons (Fsp3) is 0. The summed E-state index contributed by atoms with van der Waals surface area (Å²) in [6, 6.07) is 65.6. The van der Waals surface area contributed by atoms with E-state index in [9.17, 15) is 0 Å². The summed E-state index contributed by atoms with van der Waals surface area (Å²) in [4.78, 5) is 15.9. The summed E-state index contributed by atoms with van der Waals surface area (Å²) >= 11 is 0. The van der Waals surface area contributed by atoms with Crippen LogP contribution in [0.2, 0.25) is 0 Å². The van der Waals surface area contributed by atoms with E-state index in [1.165, 1.54) is 0 Å². The minimum Gasteiger partial charge on any atom is -0.455 e. The van der Waals surface area contributed by atoms with Gasteiger partial charge >= 0.3 is 0 Å². The standard InChI is InChI=1S/C51H31N3O/c1-3-16-34(17-4-1)45-39-22-11-9-15-33(39)28-29-42(45)51-53-49(38-27-26-32-14-7-8-20-36(32)30-38)52-50(54-51)41-24-13-25-44-47(41)43-31-37-21-10-12-23-40(37)46(48(43)55-44)35-18-5-2-6-19-35/h1-31H. The normalized spacial score (nSPS) is 11.6. The van der Waals surface area contributed by atoms with Crippen LogP contribution in [0.1, 0.15) is 0 Å². The van der Waals surface area contributed by atoms with Gasteiger partial charge in [-0.25, -0.2) is 15.0 Å². The van der Waals surface area contributed by atoms with Gasteiger partial charge in [-0.05, 0) is 67.7 Å². The molecular weight excluding hydrogens is 671 g/mol. The van der Waals surface area contributed by atoms with E-state index in [2.05, 4.69) is 170 Å². The monoisotopic (exact) mass is 701 g/mol. The second-order valence-corrected chi connectivity index (χ2v) is 13.9. The molecule has 0 radical (unpaired) electrons. The lowest BCUT2D eigenvalue weighted by atomic mass is 9.92. The van der Waals surface area contributed by atoms with E-state index in [4.69, 9.17) is 19.4 Å². The maximum Gasteiger partial charge on any atom is 0.164 e. The average molecular weight is 702 g/mol. The largest absolute Gasteiger partial charge is 0.455 e. The molecule has 0 N–H and O–H groups in total. The van der Waals surface area contributed by atoms with E-state index in [1.54, 1.807) is 0 Å². The minimum atomic E-state index is 0.586. The molecule has 0 bridgehead atoms. The molecule has 0 unspecified atom stereocenters. The molecule has 0 saturated carbocycles. The Morgan fingerprint density at radius 3 is 1.67 bits per heavy atom. The van der Waals surface area contributed by atoms with Gasteiger partial charge < -0.3 is 4.42 Å². The van der Waals surface area contributed by atoms with Crippen LogP contribution in [-0.2, 0) is 0 Å². The molecule has 11 aromatic rings. The van der Waals surface area contributed by atoms with Gasteiger partial charge in [-0.1, -0.05) is 164 Å². The van der Waals surface area contributed by atoms with Gasteiger partial charge in [-0.15, -0.1) is 0 Å². The van der Waals surface area contributed by atoms with Crippen LogP contribution in [0.15, 0.2) is 192 Å². The van der Waals surface area contributed by atoms with E-state index in [1.807, 2.05) is 18.2 Å². The van der Waals surface area contributed by atoms with Crippen molar-refractivity contribution >= 4 is 54.3 Å². The number of nitrogens with zero attached hydrogens (tertiary/aromatic N) is 3. The van der Waals surface area contributed by atoms with Gasteiger partial charge in [-0.2, -0.15) is 0 Å². The molecule has 4 heteroatoms. The number of rotatable bonds is 5. The summed E-state index contributed by atoms with van der Waals surface area (Å²) < 4.78 is 6.84. The zero-order valence-electron chi connectivity index (χ0n) is 29.6. The van der Waals surface area contributed by atoms with Gasteiger partial charge in [0.15, 0.2) is 17.5 Å². The third kappa shape index (κ3) is 5.19. The lowest BCUT2D eigenvalue weighted by Gasteiger charge is -2.15. The Bertz CT molecular complexity index is 3260. The Morgan fingerprint density at radius 2 is 0.909 bits per heavy atom. The Morgan fingerprint density at radius 1 is 0.327 bits per heavy atom. The number of hydrogen-bond donors (Lipinski definition) is 0. The Hall–Kier alpha value is -7.43. The van der Waals surface area contributed by atoms with Gasteiger partial charge in [0.05, 0.1) is 0 Å². The molecule has 0 aliphatic carbocycles. The highest BCUT2D eigenvalue weighted by atomic mass is 16.3. The summed E-state index contributed by atoms with van der Waals surface area (Å²) in [5.41, 5.74) is 8.76. The highest BCUT2D eigenvalue weighted by molar-refractivity contribution is 6.21. The quantitative estimate of drug-likeness (QED) is 0.179. The highest BCUT2D eigenvalue weighted by Crippen LogP contribution is 2.44. The smallest absolute Gasteiger partial charge is 0.164 e. The van der Waals surface area contributed by atoms with Crippen molar-refractivity contribution in [3.63, 3.8) is 0 Å². The maximum absolute atomic E-state index is 6.84. The van der Waals surface area contributed by atoms with Crippen LogP contribution >= 0.6 is 0 Å². The molecule has 0 aliphatic rings. The molecule has 0 amide bonds. The molecule has 2 heterocycles. The van der Waals surface area contributed by atoms with E-state index >= 15 is 0 Å². The van der Waals surface area contributed by atoms with Crippen LogP contribution in [0.3, 0.4) is 0 Å². The minimum absolute atomic E-state index is 0.586. The van der Waals surface area contributed by atoms with Gasteiger partial charge in [0.25, 0.3) is 0 Å². The Labute approximate surface area is 317 Å². The summed E-state index contributed by atoms with van der Waals surface area (Å²) in [5, 5.41) is 8.88. The lowest BCUT2D eigenvalue weighted by molar-refractivity contribution is 0.670. The number of benzene rings is 9. The molecule has 0 saturated heterocycles. The van der Waals surface area contributed by atoms with Gasteiger partial charge in [-0.3, -0.25) is 0 Å². The van der Waals surface area contributed by atoms with Crippen LogP contribution in [0, 0.1) is 0 Å². The fourth-order valence-electron chi connectivity index (χ4n) is 8.15. The molecule has 55 heavy (non-hydrogen) atoms. The molecule has 0 spiro atoms. The average Bonchev–Trinajstić information content (AvgIpc) is 3.63. The molecule has 0 atom stereocenters. The number of fused-ring (bicyclic) bond motifs is 6. The SMILES string of the molecule is c1ccc(-c2c(-c3nc(-c4ccc5ccccc5c4)nc(-c4cccc5oc6c(-c7ccccc7)c7ccccc7cc6c45)n3)ccc3ccccc23)cc1. The summed E-state index contributed by atoms with van der Waals surface area (Å²) in [6.45, 7) is 0. The fourth-order valence-corrected chi connectivity index (χ4v) is 8.15. The topological polar surface area (TPSA) is 51.8 Å². The predicted molar refractivity (Wildman–Crippen MR) is 227 cm³/mol.